The number of rotatable bonds is 2. The second-order valence-electron chi connectivity index (χ2n) is 4.90. The van der Waals surface area contributed by atoms with Crippen molar-refractivity contribution in [2.24, 2.45) is 5.92 Å². The number of nitriles is 1. The summed E-state index contributed by atoms with van der Waals surface area (Å²) in [6.45, 7) is 6.47. The SMILES string of the molecule is CCC1CN(c2sc3c(c2C#N)CCNC3)C1. The van der Waals surface area contributed by atoms with E-state index < -0.39 is 0 Å². The molecule has 0 radical (unpaired) electrons. The van der Waals surface area contributed by atoms with Crippen molar-refractivity contribution in [3.8, 4) is 6.07 Å². The number of hydrogen-bond donors (Lipinski definition) is 1. The van der Waals surface area contributed by atoms with Gasteiger partial charge in [-0.15, -0.1) is 11.3 Å². The lowest BCUT2D eigenvalue weighted by Crippen LogP contribution is -2.46. The predicted molar refractivity (Wildman–Crippen MR) is 70.4 cm³/mol. The molecule has 3 heterocycles. The third-order valence-electron chi connectivity index (χ3n) is 3.84. The van der Waals surface area contributed by atoms with Gasteiger partial charge in [-0.3, -0.25) is 0 Å². The lowest BCUT2D eigenvalue weighted by Gasteiger charge is -2.40. The molecule has 17 heavy (non-hydrogen) atoms. The lowest BCUT2D eigenvalue weighted by atomic mass is 9.96. The number of nitrogens with one attached hydrogen (secondary N) is 1. The number of nitrogens with zero attached hydrogens (tertiary/aromatic N) is 2. The van der Waals surface area contributed by atoms with Crippen molar-refractivity contribution < 1.29 is 0 Å². The maximum atomic E-state index is 9.36. The minimum absolute atomic E-state index is 0.832. The fourth-order valence-corrected chi connectivity index (χ4v) is 3.94. The van der Waals surface area contributed by atoms with E-state index in [0.29, 0.717) is 0 Å². The van der Waals surface area contributed by atoms with Gasteiger partial charge in [0.15, 0.2) is 0 Å². The van der Waals surface area contributed by atoms with Gasteiger partial charge in [0.05, 0.1) is 5.56 Å². The van der Waals surface area contributed by atoms with Crippen molar-refractivity contribution in [2.45, 2.75) is 26.3 Å². The van der Waals surface area contributed by atoms with Gasteiger partial charge in [0, 0.05) is 24.5 Å². The van der Waals surface area contributed by atoms with Crippen LogP contribution in [-0.2, 0) is 13.0 Å². The van der Waals surface area contributed by atoms with Crippen LogP contribution in [0, 0.1) is 17.2 Å². The third-order valence-corrected chi connectivity index (χ3v) is 5.14. The zero-order valence-electron chi connectivity index (χ0n) is 10.1. The Balaban J connectivity index is 1.90. The summed E-state index contributed by atoms with van der Waals surface area (Å²) in [4.78, 5) is 3.76. The van der Waals surface area contributed by atoms with Crippen molar-refractivity contribution in [1.82, 2.24) is 5.32 Å². The molecule has 0 amide bonds. The van der Waals surface area contributed by atoms with Gasteiger partial charge in [-0.1, -0.05) is 6.92 Å². The number of fused-ring (bicyclic) bond motifs is 1. The third kappa shape index (κ3) is 1.74. The van der Waals surface area contributed by atoms with Gasteiger partial charge in [-0.05, 0) is 30.9 Å². The summed E-state index contributed by atoms with van der Waals surface area (Å²) in [6.07, 6.45) is 2.27. The summed E-state index contributed by atoms with van der Waals surface area (Å²) in [5.41, 5.74) is 2.27. The van der Waals surface area contributed by atoms with E-state index in [2.05, 4.69) is 23.2 Å². The van der Waals surface area contributed by atoms with Crippen LogP contribution in [0.25, 0.3) is 0 Å². The molecule has 0 spiro atoms. The van der Waals surface area contributed by atoms with Crippen molar-refractivity contribution in [3.63, 3.8) is 0 Å². The molecule has 90 valence electrons. The smallest absolute Gasteiger partial charge is 0.110 e. The highest BCUT2D eigenvalue weighted by Crippen LogP contribution is 2.40. The molecule has 0 atom stereocenters. The molecule has 3 rings (SSSR count). The fraction of sp³-hybridized carbons (Fsp3) is 0.615. The molecule has 0 saturated carbocycles. The van der Waals surface area contributed by atoms with Crippen molar-refractivity contribution in [3.05, 3.63) is 16.0 Å². The van der Waals surface area contributed by atoms with Gasteiger partial charge in [0.2, 0.25) is 0 Å². The molecule has 3 nitrogen and oxygen atoms in total. The molecule has 0 bridgehead atoms. The Labute approximate surface area is 106 Å². The predicted octanol–water partition coefficient (Wildman–Crippen LogP) is 2.11. The van der Waals surface area contributed by atoms with E-state index in [1.54, 1.807) is 0 Å². The molecule has 0 aliphatic carbocycles. The van der Waals surface area contributed by atoms with Crippen LogP contribution in [0.2, 0.25) is 0 Å². The molecule has 1 fully saturated rings. The molecular formula is C13H17N3S. The molecule has 1 aromatic rings. The Bertz CT molecular complexity index is 466. The van der Waals surface area contributed by atoms with Crippen LogP contribution in [0.3, 0.4) is 0 Å². The summed E-state index contributed by atoms with van der Waals surface area (Å²) in [6, 6.07) is 2.43. The van der Waals surface area contributed by atoms with Gasteiger partial charge in [0.1, 0.15) is 11.1 Å². The van der Waals surface area contributed by atoms with E-state index >= 15 is 0 Å². The van der Waals surface area contributed by atoms with Gasteiger partial charge in [-0.25, -0.2) is 0 Å². The molecule has 1 aromatic heterocycles. The fourth-order valence-electron chi connectivity index (χ4n) is 2.65. The maximum absolute atomic E-state index is 9.36. The number of thiophene rings is 1. The van der Waals surface area contributed by atoms with E-state index in [-0.39, 0.29) is 0 Å². The molecule has 2 aliphatic heterocycles. The van der Waals surface area contributed by atoms with E-state index in [0.717, 1.165) is 44.1 Å². The zero-order valence-corrected chi connectivity index (χ0v) is 10.9. The Morgan fingerprint density at radius 3 is 3.06 bits per heavy atom. The molecule has 4 heteroatoms. The van der Waals surface area contributed by atoms with E-state index in [4.69, 9.17) is 0 Å². The van der Waals surface area contributed by atoms with Crippen LogP contribution >= 0.6 is 11.3 Å². The standard InChI is InChI=1S/C13H17N3S/c1-2-9-7-16(8-9)13-11(5-14)10-3-4-15-6-12(10)17-13/h9,15H,2-4,6-8H2,1H3. The summed E-state index contributed by atoms with van der Waals surface area (Å²) >= 11 is 1.82. The topological polar surface area (TPSA) is 39.1 Å². The van der Waals surface area contributed by atoms with Crippen LogP contribution in [0.5, 0.6) is 0 Å². The summed E-state index contributed by atoms with van der Waals surface area (Å²) in [5, 5.41) is 14.0. The minimum Gasteiger partial charge on any atom is -0.362 e. The zero-order chi connectivity index (χ0) is 11.8. The quantitative estimate of drug-likeness (QED) is 0.870. The maximum Gasteiger partial charge on any atom is 0.110 e. The van der Waals surface area contributed by atoms with Crippen LogP contribution in [0.4, 0.5) is 5.00 Å². The second kappa shape index (κ2) is 4.32. The number of hydrogen-bond acceptors (Lipinski definition) is 4. The highest BCUT2D eigenvalue weighted by molar-refractivity contribution is 7.16. The summed E-state index contributed by atoms with van der Waals surface area (Å²) in [7, 11) is 0. The first kappa shape index (κ1) is 11.1. The van der Waals surface area contributed by atoms with E-state index in [1.807, 2.05) is 11.3 Å². The van der Waals surface area contributed by atoms with Crippen molar-refractivity contribution in [1.29, 1.82) is 5.26 Å². The van der Waals surface area contributed by atoms with Gasteiger partial charge >= 0.3 is 0 Å². The Hall–Kier alpha value is -1.05. The monoisotopic (exact) mass is 247 g/mol. The molecule has 2 aliphatic rings. The molecule has 0 aromatic carbocycles. The van der Waals surface area contributed by atoms with Crippen molar-refractivity contribution in [2.75, 3.05) is 24.5 Å². The molecule has 1 saturated heterocycles. The van der Waals surface area contributed by atoms with Crippen LogP contribution < -0.4 is 10.2 Å². The first-order chi connectivity index (χ1) is 8.33. The average Bonchev–Trinajstić information content (AvgIpc) is 2.65. The molecule has 0 unspecified atom stereocenters. The Morgan fingerprint density at radius 1 is 1.53 bits per heavy atom. The minimum atomic E-state index is 0.832. The summed E-state index contributed by atoms with van der Waals surface area (Å²) in [5.74, 6) is 0.832. The molecular weight excluding hydrogens is 230 g/mol. The van der Waals surface area contributed by atoms with Gasteiger partial charge in [-0.2, -0.15) is 5.26 Å². The van der Waals surface area contributed by atoms with Crippen molar-refractivity contribution >= 4 is 16.3 Å². The van der Waals surface area contributed by atoms with Crippen LogP contribution in [0.1, 0.15) is 29.3 Å². The van der Waals surface area contributed by atoms with Crippen LogP contribution in [0.15, 0.2) is 0 Å². The first-order valence-electron chi connectivity index (χ1n) is 6.33. The Kier molecular flexibility index (Phi) is 2.81. The summed E-state index contributed by atoms with van der Waals surface area (Å²) < 4.78 is 0. The highest BCUT2D eigenvalue weighted by Gasteiger charge is 2.31. The second-order valence-corrected chi connectivity index (χ2v) is 5.99. The largest absolute Gasteiger partial charge is 0.362 e. The molecule has 1 N–H and O–H groups in total. The van der Waals surface area contributed by atoms with E-state index in [1.165, 1.54) is 21.9 Å². The first-order valence-corrected chi connectivity index (χ1v) is 7.15. The van der Waals surface area contributed by atoms with Gasteiger partial charge in [0.25, 0.3) is 0 Å². The Morgan fingerprint density at radius 2 is 2.35 bits per heavy atom. The van der Waals surface area contributed by atoms with Gasteiger partial charge < -0.3 is 10.2 Å². The highest BCUT2D eigenvalue weighted by atomic mass is 32.1. The normalized spacial score (nSPS) is 19.6. The van der Waals surface area contributed by atoms with E-state index in [9.17, 15) is 5.26 Å². The van der Waals surface area contributed by atoms with Crippen LogP contribution in [-0.4, -0.2) is 19.6 Å². The number of anilines is 1. The lowest BCUT2D eigenvalue weighted by molar-refractivity contribution is 0.401. The average molecular weight is 247 g/mol.